The van der Waals surface area contributed by atoms with Gasteiger partial charge in [-0.25, -0.2) is 0 Å². The van der Waals surface area contributed by atoms with Gasteiger partial charge in [0.25, 0.3) is 5.91 Å². The van der Waals surface area contributed by atoms with E-state index in [2.05, 4.69) is 54.1 Å². The number of carbonyl (C=O) groups is 2. The summed E-state index contributed by atoms with van der Waals surface area (Å²) >= 11 is 0. The van der Waals surface area contributed by atoms with E-state index in [0.29, 0.717) is 12.1 Å². The zero-order valence-electron chi connectivity index (χ0n) is 20.3. The van der Waals surface area contributed by atoms with Crippen molar-refractivity contribution in [2.75, 3.05) is 5.32 Å². The van der Waals surface area contributed by atoms with E-state index in [1.807, 2.05) is 37.3 Å². The van der Waals surface area contributed by atoms with Crippen molar-refractivity contribution in [2.24, 2.45) is 5.92 Å². The molecule has 0 radical (unpaired) electrons. The van der Waals surface area contributed by atoms with E-state index in [1.165, 1.54) is 11.3 Å². The molecule has 1 heterocycles. The highest BCUT2D eigenvalue weighted by atomic mass is 16.4. The molecule has 0 aliphatic heterocycles. The largest absolute Gasteiger partial charge is 0.481 e. The van der Waals surface area contributed by atoms with Crippen LogP contribution in [0.5, 0.6) is 0 Å². The minimum Gasteiger partial charge on any atom is -0.481 e. The van der Waals surface area contributed by atoms with Gasteiger partial charge in [0.1, 0.15) is 5.69 Å². The van der Waals surface area contributed by atoms with E-state index in [1.54, 1.807) is 0 Å². The second-order valence-corrected chi connectivity index (χ2v) is 9.49. The molecule has 1 aliphatic rings. The predicted octanol–water partition coefficient (Wildman–Crippen LogP) is 6.38. The second kappa shape index (κ2) is 10.3. The van der Waals surface area contributed by atoms with E-state index in [-0.39, 0.29) is 23.8 Å². The van der Waals surface area contributed by atoms with Crippen LogP contribution in [0.15, 0.2) is 60.7 Å². The number of aromatic nitrogens is 1. The van der Waals surface area contributed by atoms with Gasteiger partial charge in [-0.1, -0.05) is 49.4 Å². The quantitative estimate of drug-likeness (QED) is 0.370. The van der Waals surface area contributed by atoms with Crippen molar-refractivity contribution in [3.8, 4) is 0 Å². The zero-order chi connectivity index (χ0) is 24.2. The van der Waals surface area contributed by atoms with Crippen molar-refractivity contribution < 1.29 is 14.7 Å². The Bertz CT molecular complexity index is 1170. The number of nitrogens with one attached hydrogen (secondary N) is 1. The van der Waals surface area contributed by atoms with Crippen LogP contribution < -0.4 is 5.32 Å². The molecule has 1 fully saturated rings. The second-order valence-electron chi connectivity index (χ2n) is 9.49. The Kier molecular flexibility index (Phi) is 7.20. The highest BCUT2D eigenvalue weighted by Gasteiger charge is 2.44. The third kappa shape index (κ3) is 5.24. The maximum atomic E-state index is 13.4. The molecule has 1 saturated carbocycles. The monoisotopic (exact) mass is 458 g/mol. The molecule has 1 aliphatic carbocycles. The smallest absolute Gasteiger partial charge is 0.307 e. The molecule has 0 bridgehead atoms. The van der Waals surface area contributed by atoms with Gasteiger partial charge in [-0.3, -0.25) is 9.59 Å². The molecular formula is C29H34N2O3. The number of hydrogen-bond acceptors (Lipinski definition) is 2. The first-order valence-corrected chi connectivity index (χ1v) is 12.3. The number of hydrogen-bond donors (Lipinski definition) is 2. The molecule has 2 N–H and O–H groups in total. The third-order valence-electron chi connectivity index (χ3n) is 7.05. The molecule has 4 rings (SSSR count). The van der Waals surface area contributed by atoms with Gasteiger partial charge >= 0.3 is 5.97 Å². The highest BCUT2D eigenvalue weighted by molar-refractivity contribution is 6.03. The van der Waals surface area contributed by atoms with Crippen LogP contribution in [0.1, 0.15) is 77.9 Å². The summed E-state index contributed by atoms with van der Waals surface area (Å²) in [5.41, 5.74) is 5.88. The fraction of sp³-hybridized carbons (Fsp3) is 0.379. The van der Waals surface area contributed by atoms with Crippen molar-refractivity contribution in [2.45, 2.75) is 64.8 Å². The van der Waals surface area contributed by atoms with Gasteiger partial charge in [-0.05, 0) is 86.8 Å². The molecular weight excluding hydrogens is 424 g/mol. The summed E-state index contributed by atoms with van der Waals surface area (Å²) in [6.07, 6.45) is 4.55. The average Bonchev–Trinajstić information content (AvgIpc) is 3.54. The van der Waals surface area contributed by atoms with Gasteiger partial charge in [0.15, 0.2) is 0 Å². The van der Waals surface area contributed by atoms with Crippen LogP contribution in [0.2, 0.25) is 0 Å². The number of nitrogens with zero attached hydrogens (tertiary/aromatic N) is 1. The van der Waals surface area contributed by atoms with E-state index in [4.69, 9.17) is 0 Å². The Balaban J connectivity index is 1.50. The number of amides is 1. The van der Waals surface area contributed by atoms with Crippen molar-refractivity contribution in [3.05, 3.63) is 88.7 Å². The summed E-state index contributed by atoms with van der Waals surface area (Å²) < 4.78 is 2.18. The van der Waals surface area contributed by atoms with E-state index >= 15 is 0 Å². The summed E-state index contributed by atoms with van der Waals surface area (Å²) in [7, 11) is 0. The van der Waals surface area contributed by atoms with Crippen molar-refractivity contribution >= 4 is 17.6 Å². The van der Waals surface area contributed by atoms with Crippen LogP contribution in [0, 0.1) is 12.8 Å². The van der Waals surface area contributed by atoms with Crippen molar-refractivity contribution in [3.63, 3.8) is 0 Å². The van der Waals surface area contributed by atoms with Gasteiger partial charge in [0.2, 0.25) is 0 Å². The molecule has 0 unspecified atom stereocenters. The third-order valence-corrected chi connectivity index (χ3v) is 7.05. The Morgan fingerprint density at radius 2 is 1.85 bits per heavy atom. The lowest BCUT2D eigenvalue weighted by Gasteiger charge is -2.20. The van der Waals surface area contributed by atoms with Crippen LogP contribution in [0.3, 0.4) is 0 Å². The minimum absolute atomic E-state index is 0.0361. The number of rotatable bonds is 10. The molecule has 5 nitrogen and oxygen atoms in total. The number of carboxylic acids is 1. The number of carbonyl (C=O) groups excluding carboxylic acids is 1. The molecule has 0 spiro atoms. The molecule has 1 amide bonds. The molecule has 1 aromatic heterocycles. The molecule has 0 saturated heterocycles. The molecule has 3 atom stereocenters. The van der Waals surface area contributed by atoms with E-state index < -0.39 is 5.97 Å². The number of anilines is 1. The van der Waals surface area contributed by atoms with Gasteiger partial charge < -0.3 is 15.0 Å². The standard InChI is InChI=1S/C29H34N2O3/c1-4-20(3)31-23(12-8-11-21-9-6-5-7-10-21)15-16-27(31)28(32)30-26-17-22(14-13-19(26)2)24-18-25(24)29(33)34/h5-7,9-10,13-17,20,24-25H,4,8,11-12,18H2,1-3H3,(H,30,32)(H,33,34)/t20-,24+,25+/m0/s1. The SMILES string of the molecule is CC[C@H](C)n1c(CCCc2ccccc2)ccc1C(=O)Nc1cc([C@H]2C[C@H]2C(=O)O)ccc1C. The number of aryl methyl sites for hydroxylation is 3. The highest BCUT2D eigenvalue weighted by Crippen LogP contribution is 2.48. The Morgan fingerprint density at radius 1 is 1.09 bits per heavy atom. The van der Waals surface area contributed by atoms with Crippen LogP contribution >= 0.6 is 0 Å². The van der Waals surface area contributed by atoms with Crippen molar-refractivity contribution in [1.82, 2.24) is 4.57 Å². The number of aliphatic carboxylic acids is 1. The lowest BCUT2D eigenvalue weighted by molar-refractivity contribution is -0.138. The summed E-state index contributed by atoms with van der Waals surface area (Å²) in [6, 6.07) is 20.6. The topological polar surface area (TPSA) is 71.3 Å². The molecule has 178 valence electrons. The van der Waals surface area contributed by atoms with Crippen LogP contribution in [0.25, 0.3) is 0 Å². The van der Waals surface area contributed by atoms with Crippen LogP contribution in [0.4, 0.5) is 5.69 Å². The Hall–Kier alpha value is -3.34. The van der Waals surface area contributed by atoms with Crippen LogP contribution in [-0.4, -0.2) is 21.6 Å². The van der Waals surface area contributed by atoms with Gasteiger partial charge in [0.05, 0.1) is 5.92 Å². The zero-order valence-corrected chi connectivity index (χ0v) is 20.3. The predicted molar refractivity (Wildman–Crippen MR) is 136 cm³/mol. The van der Waals surface area contributed by atoms with E-state index in [0.717, 1.165) is 42.5 Å². The summed E-state index contributed by atoms with van der Waals surface area (Å²) in [6.45, 7) is 6.26. The normalized spacial score (nSPS) is 17.9. The molecule has 2 aromatic carbocycles. The lowest BCUT2D eigenvalue weighted by Crippen LogP contribution is -2.21. The first-order chi connectivity index (χ1) is 16.4. The lowest BCUT2D eigenvalue weighted by atomic mass is 10.0. The maximum Gasteiger partial charge on any atom is 0.307 e. The molecule has 5 heteroatoms. The minimum atomic E-state index is -0.748. The fourth-order valence-electron chi connectivity index (χ4n) is 4.73. The first kappa shape index (κ1) is 23.8. The van der Waals surface area contributed by atoms with Gasteiger partial charge in [0, 0.05) is 17.4 Å². The van der Waals surface area contributed by atoms with Crippen LogP contribution in [-0.2, 0) is 17.6 Å². The van der Waals surface area contributed by atoms with Crippen molar-refractivity contribution in [1.29, 1.82) is 0 Å². The number of benzene rings is 2. The average molecular weight is 459 g/mol. The molecule has 3 aromatic rings. The van der Waals surface area contributed by atoms with E-state index in [9.17, 15) is 14.7 Å². The Labute approximate surface area is 201 Å². The molecule has 34 heavy (non-hydrogen) atoms. The van der Waals surface area contributed by atoms with Gasteiger partial charge in [-0.15, -0.1) is 0 Å². The summed E-state index contributed by atoms with van der Waals surface area (Å²) in [4.78, 5) is 24.6. The Morgan fingerprint density at radius 3 is 2.53 bits per heavy atom. The number of carboxylic acid groups (broad SMARTS) is 1. The first-order valence-electron chi connectivity index (χ1n) is 12.3. The fourth-order valence-corrected chi connectivity index (χ4v) is 4.73. The maximum absolute atomic E-state index is 13.4. The van der Waals surface area contributed by atoms with Gasteiger partial charge in [-0.2, -0.15) is 0 Å². The summed E-state index contributed by atoms with van der Waals surface area (Å²) in [5.74, 6) is -1.15. The summed E-state index contributed by atoms with van der Waals surface area (Å²) in [5, 5.41) is 12.4.